The maximum absolute atomic E-state index is 2.42. The Morgan fingerprint density at radius 1 is 0.292 bits per heavy atom. The van der Waals surface area contributed by atoms with Crippen molar-refractivity contribution in [3.8, 4) is 11.1 Å². The highest BCUT2D eigenvalue weighted by Gasteiger charge is 2.15. The summed E-state index contributed by atoms with van der Waals surface area (Å²) in [5, 5.41) is 13.0. The molecule has 0 bridgehead atoms. The van der Waals surface area contributed by atoms with Crippen molar-refractivity contribution in [2.45, 2.75) is 0 Å². The van der Waals surface area contributed by atoms with Crippen molar-refractivity contribution in [1.29, 1.82) is 0 Å². The van der Waals surface area contributed by atoms with Crippen LogP contribution in [-0.4, -0.2) is 0 Å². The topological polar surface area (TPSA) is 3.24 Å². The minimum Gasteiger partial charge on any atom is -0.310 e. The first-order chi connectivity index (χ1) is 23.8. The van der Waals surface area contributed by atoms with Gasteiger partial charge in [-0.25, -0.2) is 0 Å². The fraction of sp³-hybridized carbons (Fsp3) is 0. The predicted octanol–water partition coefficient (Wildman–Crippen LogP) is 13.8. The second kappa shape index (κ2) is 10.8. The molecule has 2 heteroatoms. The largest absolute Gasteiger partial charge is 0.310 e. The summed E-state index contributed by atoms with van der Waals surface area (Å²) in [7, 11) is 0. The molecule has 0 N–H and O–H groups in total. The summed E-state index contributed by atoms with van der Waals surface area (Å²) in [5.41, 5.74) is 5.83. The summed E-state index contributed by atoms with van der Waals surface area (Å²) in [4.78, 5) is 2.34. The molecule has 1 nitrogen and oxygen atoms in total. The third kappa shape index (κ3) is 4.31. The minimum absolute atomic E-state index is 1.13. The summed E-state index contributed by atoms with van der Waals surface area (Å²) in [6.45, 7) is 0. The van der Waals surface area contributed by atoms with Gasteiger partial charge in [0.05, 0.1) is 0 Å². The van der Waals surface area contributed by atoms with Gasteiger partial charge in [0.1, 0.15) is 0 Å². The van der Waals surface area contributed by atoms with Crippen LogP contribution in [0.4, 0.5) is 17.1 Å². The average Bonchev–Trinajstić information content (AvgIpc) is 3.52. The molecule has 1 heterocycles. The molecule has 9 aromatic carbocycles. The van der Waals surface area contributed by atoms with Gasteiger partial charge < -0.3 is 4.90 Å². The van der Waals surface area contributed by atoms with Crippen molar-refractivity contribution >= 4 is 91.7 Å². The smallest absolute Gasteiger partial charge is 0.0468 e. The zero-order valence-electron chi connectivity index (χ0n) is 26.1. The molecular weight excluding hydrogens is 599 g/mol. The number of anilines is 3. The molecule has 0 fully saturated rings. The highest BCUT2D eigenvalue weighted by molar-refractivity contribution is 7.25. The molecule has 1 aromatic heterocycles. The third-order valence-corrected chi connectivity index (χ3v) is 10.9. The Labute approximate surface area is 282 Å². The van der Waals surface area contributed by atoms with Crippen LogP contribution in [0, 0.1) is 0 Å². The van der Waals surface area contributed by atoms with Crippen LogP contribution in [0.15, 0.2) is 176 Å². The Kier molecular flexibility index (Phi) is 6.12. The summed E-state index contributed by atoms with van der Waals surface area (Å²) in [6.07, 6.45) is 0. The van der Waals surface area contributed by atoms with E-state index >= 15 is 0 Å². The Bertz CT molecular complexity index is 2830. The molecule has 0 aliphatic rings. The maximum Gasteiger partial charge on any atom is 0.0468 e. The molecule has 0 aliphatic carbocycles. The fourth-order valence-corrected chi connectivity index (χ4v) is 8.62. The lowest BCUT2D eigenvalue weighted by atomic mass is 9.91. The van der Waals surface area contributed by atoms with E-state index in [-0.39, 0.29) is 0 Å². The monoisotopic (exact) mass is 627 g/mol. The highest BCUT2D eigenvalue weighted by Crippen LogP contribution is 2.43. The SMILES string of the molecule is c1ccc(N(c2ccc(-c3ccc4c(c3)c3ccccc3c3cc5c(cc43)sc3ccccc35)cc2)c2ccc3ccccc3c2)cc1. The minimum atomic E-state index is 1.13. The molecular formula is C46H29NS. The lowest BCUT2D eigenvalue weighted by Crippen LogP contribution is -2.09. The third-order valence-electron chi connectivity index (χ3n) is 9.80. The summed E-state index contributed by atoms with van der Waals surface area (Å²) in [5.74, 6) is 0. The number of nitrogens with zero attached hydrogens (tertiary/aromatic N) is 1. The van der Waals surface area contributed by atoms with Crippen molar-refractivity contribution in [2.24, 2.45) is 0 Å². The van der Waals surface area contributed by atoms with Gasteiger partial charge in [-0.1, -0.05) is 115 Å². The Balaban J connectivity index is 1.11. The van der Waals surface area contributed by atoms with Crippen LogP contribution in [0.1, 0.15) is 0 Å². The quantitative estimate of drug-likeness (QED) is 0.176. The summed E-state index contributed by atoms with van der Waals surface area (Å²) in [6, 6.07) is 64.4. The Hall–Kier alpha value is -5.96. The highest BCUT2D eigenvalue weighted by atomic mass is 32.1. The van der Waals surface area contributed by atoms with Gasteiger partial charge in [0.25, 0.3) is 0 Å². The van der Waals surface area contributed by atoms with E-state index in [1.54, 1.807) is 0 Å². The van der Waals surface area contributed by atoms with Gasteiger partial charge in [-0.05, 0) is 115 Å². The van der Waals surface area contributed by atoms with E-state index in [2.05, 4.69) is 181 Å². The second-order valence-electron chi connectivity index (χ2n) is 12.5. The number of hydrogen-bond donors (Lipinski definition) is 0. The molecule has 0 aliphatic heterocycles. The number of fused-ring (bicyclic) bond motifs is 10. The van der Waals surface area contributed by atoms with E-state index in [4.69, 9.17) is 0 Å². The van der Waals surface area contributed by atoms with E-state index in [1.165, 1.54) is 74.4 Å². The van der Waals surface area contributed by atoms with Crippen molar-refractivity contribution in [2.75, 3.05) is 4.90 Å². The second-order valence-corrected chi connectivity index (χ2v) is 13.6. The van der Waals surface area contributed by atoms with Gasteiger partial charge in [-0.15, -0.1) is 11.3 Å². The number of benzene rings is 9. The first-order valence-corrected chi connectivity index (χ1v) is 17.2. The van der Waals surface area contributed by atoms with Crippen molar-refractivity contribution in [3.63, 3.8) is 0 Å². The summed E-state index contributed by atoms with van der Waals surface area (Å²) >= 11 is 1.89. The molecule has 0 saturated carbocycles. The fourth-order valence-electron chi connectivity index (χ4n) is 7.49. The van der Waals surface area contributed by atoms with Crippen molar-refractivity contribution in [3.05, 3.63) is 176 Å². The van der Waals surface area contributed by atoms with Crippen molar-refractivity contribution < 1.29 is 0 Å². The Morgan fingerprint density at radius 2 is 0.875 bits per heavy atom. The first-order valence-electron chi connectivity index (χ1n) is 16.4. The Morgan fingerprint density at radius 3 is 1.69 bits per heavy atom. The average molecular weight is 628 g/mol. The molecule has 0 saturated heterocycles. The molecule has 0 radical (unpaired) electrons. The van der Waals surface area contributed by atoms with Gasteiger partial charge in [-0.2, -0.15) is 0 Å². The molecule has 10 aromatic rings. The van der Waals surface area contributed by atoms with Crippen LogP contribution < -0.4 is 4.90 Å². The summed E-state index contributed by atoms with van der Waals surface area (Å²) < 4.78 is 2.68. The van der Waals surface area contributed by atoms with E-state index in [0.717, 1.165) is 17.1 Å². The zero-order valence-corrected chi connectivity index (χ0v) is 26.9. The van der Waals surface area contributed by atoms with Gasteiger partial charge >= 0.3 is 0 Å². The number of hydrogen-bond acceptors (Lipinski definition) is 2. The van der Waals surface area contributed by atoms with Crippen molar-refractivity contribution in [1.82, 2.24) is 0 Å². The van der Waals surface area contributed by atoms with Gasteiger partial charge in [0, 0.05) is 37.2 Å². The zero-order chi connectivity index (χ0) is 31.6. The van der Waals surface area contributed by atoms with Crippen LogP contribution in [-0.2, 0) is 0 Å². The molecule has 0 atom stereocenters. The standard InChI is InChI=1S/C46H29NS/c1-2-12-34(13-3-1)47(36-24-20-30-10-4-5-11-32(30)26-36)35-22-18-31(19-23-35)33-21-25-39-41(27-33)37-14-6-7-15-38(37)42-28-44-40-16-8-9-17-45(40)48-46(44)29-43(39)42/h1-29H. The normalized spacial score (nSPS) is 11.8. The van der Waals surface area contributed by atoms with Crippen LogP contribution in [0.5, 0.6) is 0 Å². The van der Waals surface area contributed by atoms with E-state index in [1.807, 2.05) is 11.3 Å². The van der Waals surface area contributed by atoms with Crippen LogP contribution >= 0.6 is 11.3 Å². The first kappa shape index (κ1) is 27.2. The van der Waals surface area contributed by atoms with Gasteiger partial charge in [0.2, 0.25) is 0 Å². The molecule has 0 amide bonds. The lowest BCUT2D eigenvalue weighted by Gasteiger charge is -2.26. The number of para-hydroxylation sites is 1. The lowest BCUT2D eigenvalue weighted by molar-refractivity contribution is 1.29. The molecule has 0 unspecified atom stereocenters. The number of rotatable bonds is 4. The van der Waals surface area contributed by atoms with Crippen LogP contribution in [0.25, 0.3) is 74.4 Å². The number of thiophene rings is 1. The molecule has 224 valence electrons. The maximum atomic E-state index is 2.42. The van der Waals surface area contributed by atoms with E-state index < -0.39 is 0 Å². The molecule has 10 rings (SSSR count). The molecule has 0 spiro atoms. The van der Waals surface area contributed by atoms with Gasteiger partial charge in [-0.3, -0.25) is 0 Å². The van der Waals surface area contributed by atoms with Crippen LogP contribution in [0.2, 0.25) is 0 Å². The van der Waals surface area contributed by atoms with E-state index in [0.29, 0.717) is 0 Å². The molecule has 48 heavy (non-hydrogen) atoms. The van der Waals surface area contributed by atoms with Gasteiger partial charge in [0.15, 0.2) is 0 Å². The van der Waals surface area contributed by atoms with E-state index in [9.17, 15) is 0 Å². The van der Waals surface area contributed by atoms with Crippen LogP contribution in [0.3, 0.4) is 0 Å². The predicted molar refractivity (Wildman–Crippen MR) is 209 cm³/mol.